The van der Waals surface area contributed by atoms with E-state index in [1.807, 2.05) is 0 Å². The maximum atomic E-state index is 12.2. The number of hydrogen-bond acceptors (Lipinski definition) is 5. The number of nitrogens with one attached hydrogen (secondary N) is 1. The zero-order chi connectivity index (χ0) is 15.6. The first-order chi connectivity index (χ1) is 10.5. The van der Waals surface area contributed by atoms with Crippen LogP contribution in [0.4, 0.5) is 11.6 Å². The fourth-order valence-electron chi connectivity index (χ4n) is 2.30. The summed E-state index contributed by atoms with van der Waals surface area (Å²) in [7, 11) is -3.69. The molecule has 116 valence electrons. The Bertz CT molecular complexity index is 741. The molecule has 0 unspecified atom stereocenters. The second kappa shape index (κ2) is 6.10. The molecule has 0 spiro atoms. The van der Waals surface area contributed by atoms with Crippen molar-refractivity contribution in [2.24, 2.45) is 0 Å². The number of rotatable bonds is 4. The molecule has 1 aromatic heterocycles. The molecule has 1 aromatic carbocycles. The van der Waals surface area contributed by atoms with E-state index >= 15 is 0 Å². The van der Waals surface area contributed by atoms with E-state index in [4.69, 9.17) is 11.6 Å². The largest absolute Gasteiger partial charge is 0.355 e. The van der Waals surface area contributed by atoms with Gasteiger partial charge in [-0.05, 0) is 49.2 Å². The summed E-state index contributed by atoms with van der Waals surface area (Å²) in [6.07, 6.45) is 2.29. The highest BCUT2D eigenvalue weighted by Gasteiger charge is 2.17. The molecule has 22 heavy (non-hydrogen) atoms. The maximum Gasteiger partial charge on any atom is 0.263 e. The molecule has 0 aliphatic carbocycles. The average Bonchev–Trinajstić information content (AvgIpc) is 3.02. The summed E-state index contributed by atoms with van der Waals surface area (Å²) in [6, 6.07) is 9.33. The molecule has 2 aromatic rings. The Balaban J connectivity index is 1.75. The second-order valence-electron chi connectivity index (χ2n) is 5.03. The van der Waals surface area contributed by atoms with Gasteiger partial charge in [0.05, 0.1) is 4.90 Å². The zero-order valence-electron chi connectivity index (χ0n) is 11.7. The van der Waals surface area contributed by atoms with Gasteiger partial charge in [-0.15, -0.1) is 10.2 Å². The van der Waals surface area contributed by atoms with Gasteiger partial charge in [-0.3, -0.25) is 4.72 Å². The van der Waals surface area contributed by atoms with Crippen LogP contribution in [0.5, 0.6) is 0 Å². The highest BCUT2D eigenvalue weighted by atomic mass is 35.5. The molecule has 1 aliphatic heterocycles. The summed E-state index contributed by atoms with van der Waals surface area (Å²) < 4.78 is 26.9. The Hall–Kier alpha value is -1.86. The lowest BCUT2D eigenvalue weighted by Gasteiger charge is -2.15. The summed E-state index contributed by atoms with van der Waals surface area (Å²) in [5.74, 6) is 0.963. The molecular formula is C14H15ClN4O2S. The Morgan fingerprint density at radius 3 is 2.27 bits per heavy atom. The molecule has 3 rings (SSSR count). The minimum Gasteiger partial charge on any atom is -0.355 e. The number of hydrogen-bond donors (Lipinski definition) is 1. The number of sulfonamides is 1. The van der Waals surface area contributed by atoms with Gasteiger partial charge < -0.3 is 4.90 Å². The lowest BCUT2D eigenvalue weighted by molar-refractivity contribution is 0.601. The maximum absolute atomic E-state index is 12.2. The first-order valence-electron chi connectivity index (χ1n) is 6.92. The molecule has 0 amide bonds. The van der Waals surface area contributed by atoms with Gasteiger partial charge in [0.15, 0.2) is 11.6 Å². The van der Waals surface area contributed by atoms with Crippen LogP contribution in [0, 0.1) is 0 Å². The van der Waals surface area contributed by atoms with E-state index in [1.54, 1.807) is 12.1 Å². The monoisotopic (exact) mass is 338 g/mol. The number of halogens is 1. The van der Waals surface area contributed by atoms with Gasteiger partial charge in [-0.1, -0.05) is 11.6 Å². The van der Waals surface area contributed by atoms with Crippen LogP contribution < -0.4 is 9.62 Å². The van der Waals surface area contributed by atoms with Gasteiger partial charge in [0.2, 0.25) is 0 Å². The summed E-state index contributed by atoms with van der Waals surface area (Å²) in [5.41, 5.74) is 0. The van der Waals surface area contributed by atoms with Crippen molar-refractivity contribution >= 4 is 33.3 Å². The van der Waals surface area contributed by atoms with E-state index < -0.39 is 10.0 Å². The van der Waals surface area contributed by atoms with Gasteiger partial charge in [0, 0.05) is 18.1 Å². The highest BCUT2D eigenvalue weighted by molar-refractivity contribution is 7.92. The van der Waals surface area contributed by atoms with Gasteiger partial charge in [0.25, 0.3) is 10.0 Å². The van der Waals surface area contributed by atoms with Crippen LogP contribution in [0.3, 0.4) is 0 Å². The average molecular weight is 339 g/mol. The van der Waals surface area contributed by atoms with Gasteiger partial charge >= 0.3 is 0 Å². The Kier molecular flexibility index (Phi) is 4.17. The highest BCUT2D eigenvalue weighted by Crippen LogP contribution is 2.20. The minimum absolute atomic E-state index is 0.127. The van der Waals surface area contributed by atoms with E-state index in [2.05, 4.69) is 19.8 Å². The van der Waals surface area contributed by atoms with Crippen molar-refractivity contribution in [2.45, 2.75) is 17.7 Å². The van der Waals surface area contributed by atoms with Crippen LogP contribution in [0.25, 0.3) is 0 Å². The summed E-state index contributed by atoms with van der Waals surface area (Å²) >= 11 is 5.76. The van der Waals surface area contributed by atoms with Crippen LogP contribution in [-0.2, 0) is 10.0 Å². The standard InChI is InChI=1S/C14H15ClN4O2S/c15-11-3-5-12(6-4-11)22(20,21)18-13-7-8-14(17-16-13)19-9-1-2-10-19/h3-8H,1-2,9-10H2,(H,16,18). The summed E-state index contributed by atoms with van der Waals surface area (Å²) in [6.45, 7) is 1.93. The predicted molar refractivity (Wildman–Crippen MR) is 85.7 cm³/mol. The lowest BCUT2D eigenvalue weighted by Crippen LogP contribution is -2.20. The van der Waals surface area contributed by atoms with E-state index in [0.717, 1.165) is 31.7 Å². The van der Waals surface area contributed by atoms with Crippen LogP contribution >= 0.6 is 11.6 Å². The molecule has 0 atom stereocenters. The second-order valence-corrected chi connectivity index (χ2v) is 7.15. The van der Waals surface area contributed by atoms with Crippen molar-refractivity contribution in [3.63, 3.8) is 0 Å². The van der Waals surface area contributed by atoms with E-state index in [1.165, 1.54) is 24.3 Å². The van der Waals surface area contributed by atoms with Gasteiger partial charge in [-0.2, -0.15) is 0 Å². The van der Waals surface area contributed by atoms with E-state index in [9.17, 15) is 8.42 Å². The molecule has 0 bridgehead atoms. The van der Waals surface area contributed by atoms with E-state index in [-0.39, 0.29) is 10.7 Å². The third-order valence-electron chi connectivity index (χ3n) is 3.44. The van der Waals surface area contributed by atoms with Crippen molar-refractivity contribution in [1.82, 2.24) is 10.2 Å². The van der Waals surface area contributed by atoms with Gasteiger partial charge in [0.1, 0.15) is 0 Å². The normalized spacial score (nSPS) is 15.0. The fourth-order valence-corrected chi connectivity index (χ4v) is 3.43. The molecule has 8 heteroatoms. The van der Waals surface area contributed by atoms with Crippen molar-refractivity contribution in [2.75, 3.05) is 22.7 Å². The molecule has 0 radical (unpaired) electrons. The minimum atomic E-state index is -3.69. The van der Waals surface area contributed by atoms with Crippen LogP contribution in [0.2, 0.25) is 5.02 Å². The van der Waals surface area contributed by atoms with Crippen LogP contribution in [-0.4, -0.2) is 31.7 Å². The molecule has 0 saturated carbocycles. The van der Waals surface area contributed by atoms with E-state index in [0.29, 0.717) is 5.02 Å². The Labute approximate surface area is 134 Å². The zero-order valence-corrected chi connectivity index (χ0v) is 13.3. The number of nitrogens with zero attached hydrogens (tertiary/aromatic N) is 3. The molecule has 2 heterocycles. The number of aromatic nitrogens is 2. The molecule has 1 N–H and O–H groups in total. The fraction of sp³-hybridized carbons (Fsp3) is 0.286. The first kappa shape index (κ1) is 15.1. The molecule has 1 aliphatic rings. The molecule has 6 nitrogen and oxygen atoms in total. The number of anilines is 2. The molecule has 1 saturated heterocycles. The Morgan fingerprint density at radius 2 is 1.68 bits per heavy atom. The molecular weight excluding hydrogens is 324 g/mol. The number of benzene rings is 1. The quantitative estimate of drug-likeness (QED) is 0.927. The van der Waals surface area contributed by atoms with Crippen molar-refractivity contribution in [3.8, 4) is 0 Å². The third kappa shape index (κ3) is 3.31. The van der Waals surface area contributed by atoms with Gasteiger partial charge in [-0.25, -0.2) is 8.42 Å². The van der Waals surface area contributed by atoms with Crippen molar-refractivity contribution in [3.05, 3.63) is 41.4 Å². The van der Waals surface area contributed by atoms with Crippen molar-refractivity contribution < 1.29 is 8.42 Å². The summed E-state index contributed by atoms with van der Waals surface area (Å²) in [4.78, 5) is 2.26. The molecule has 1 fully saturated rings. The smallest absolute Gasteiger partial charge is 0.263 e. The van der Waals surface area contributed by atoms with Crippen molar-refractivity contribution in [1.29, 1.82) is 0 Å². The van der Waals surface area contributed by atoms with Crippen LogP contribution in [0.1, 0.15) is 12.8 Å². The van der Waals surface area contributed by atoms with Crippen LogP contribution in [0.15, 0.2) is 41.3 Å². The summed E-state index contributed by atoms with van der Waals surface area (Å²) in [5, 5.41) is 8.50. The Morgan fingerprint density at radius 1 is 1.00 bits per heavy atom. The lowest BCUT2D eigenvalue weighted by atomic mass is 10.4. The first-order valence-corrected chi connectivity index (χ1v) is 8.78. The topological polar surface area (TPSA) is 75.2 Å². The predicted octanol–water partition coefficient (Wildman–Crippen LogP) is 2.53. The SMILES string of the molecule is O=S(=O)(Nc1ccc(N2CCCC2)nn1)c1ccc(Cl)cc1. The third-order valence-corrected chi connectivity index (χ3v) is 5.07.